The zero-order valence-corrected chi connectivity index (χ0v) is 19.5. The number of carbonyl (C=O) groups is 1. The van der Waals surface area contributed by atoms with Gasteiger partial charge in [-0.25, -0.2) is 4.68 Å². The number of methoxy groups -OCH3 is 1. The van der Waals surface area contributed by atoms with Gasteiger partial charge < -0.3 is 14.2 Å². The van der Waals surface area contributed by atoms with Gasteiger partial charge in [-0.15, -0.1) is 0 Å². The molecule has 1 aliphatic heterocycles. The second-order valence-corrected chi connectivity index (χ2v) is 8.62. The number of amides is 1. The summed E-state index contributed by atoms with van der Waals surface area (Å²) in [5.41, 5.74) is 6.04. The van der Waals surface area contributed by atoms with Gasteiger partial charge in [0.2, 0.25) is 0 Å². The van der Waals surface area contributed by atoms with Gasteiger partial charge in [-0.2, -0.15) is 10.2 Å². The third kappa shape index (κ3) is 3.59. The second-order valence-electron chi connectivity index (χ2n) is 8.62. The Morgan fingerprint density at radius 1 is 1.00 bits per heavy atom. The molecule has 6 rings (SSSR count). The van der Waals surface area contributed by atoms with Crippen LogP contribution in [0.2, 0.25) is 0 Å². The fourth-order valence-corrected chi connectivity index (χ4v) is 4.62. The van der Waals surface area contributed by atoms with Gasteiger partial charge in [0, 0.05) is 23.5 Å². The van der Waals surface area contributed by atoms with Gasteiger partial charge in [0.05, 0.1) is 37.3 Å². The fourth-order valence-electron chi connectivity index (χ4n) is 4.62. The third-order valence-corrected chi connectivity index (χ3v) is 6.30. The molecule has 0 saturated carbocycles. The number of carbonyl (C=O) groups excluding carboxylic acids is 1. The van der Waals surface area contributed by atoms with Crippen LogP contribution in [0.5, 0.6) is 5.75 Å². The first-order valence-corrected chi connectivity index (χ1v) is 11.4. The third-order valence-electron chi connectivity index (χ3n) is 6.30. The molecule has 1 N–H and O–H groups in total. The highest BCUT2D eigenvalue weighted by atomic mass is 16.5. The molecule has 8 heteroatoms. The summed E-state index contributed by atoms with van der Waals surface area (Å²) in [4.78, 5) is 15.2. The van der Waals surface area contributed by atoms with E-state index in [1.54, 1.807) is 18.1 Å². The maximum atomic E-state index is 13.4. The molecule has 5 aromatic rings. The van der Waals surface area contributed by atoms with Gasteiger partial charge in [0.25, 0.3) is 5.91 Å². The summed E-state index contributed by atoms with van der Waals surface area (Å²) in [5, 5.41) is 12.2. The van der Waals surface area contributed by atoms with Crippen molar-refractivity contribution in [1.82, 2.24) is 29.4 Å². The molecule has 0 fully saturated rings. The van der Waals surface area contributed by atoms with E-state index < -0.39 is 0 Å². The maximum absolute atomic E-state index is 13.4. The largest absolute Gasteiger partial charge is 0.496 e. The summed E-state index contributed by atoms with van der Waals surface area (Å²) in [5.74, 6) is 1.54. The van der Waals surface area contributed by atoms with Crippen LogP contribution in [0.15, 0.2) is 79.1 Å². The summed E-state index contributed by atoms with van der Waals surface area (Å²) < 4.78 is 9.46. The fraction of sp³-hybridized carbons (Fsp3) is 0.148. The minimum Gasteiger partial charge on any atom is -0.496 e. The number of rotatable bonds is 5. The normalized spacial score (nSPS) is 12.7. The lowest BCUT2D eigenvalue weighted by atomic mass is 10.1. The van der Waals surface area contributed by atoms with Crippen LogP contribution >= 0.6 is 0 Å². The molecule has 174 valence electrons. The lowest BCUT2D eigenvalue weighted by Gasteiger charge is -2.17. The van der Waals surface area contributed by atoms with Crippen molar-refractivity contribution in [2.45, 2.75) is 20.0 Å². The summed E-state index contributed by atoms with van der Waals surface area (Å²) in [7, 11) is 1.62. The van der Waals surface area contributed by atoms with Crippen LogP contribution < -0.4 is 4.74 Å². The molecule has 4 heterocycles. The number of ether oxygens (including phenoxy) is 1. The van der Waals surface area contributed by atoms with Crippen molar-refractivity contribution in [2.75, 3.05) is 7.11 Å². The van der Waals surface area contributed by atoms with Crippen molar-refractivity contribution >= 4 is 5.91 Å². The number of nitrogens with one attached hydrogen (secondary N) is 1. The van der Waals surface area contributed by atoms with Crippen molar-refractivity contribution < 1.29 is 9.53 Å². The topological polar surface area (TPSA) is 81.0 Å². The van der Waals surface area contributed by atoms with E-state index in [-0.39, 0.29) is 5.91 Å². The van der Waals surface area contributed by atoms with Crippen molar-refractivity contribution in [3.63, 3.8) is 0 Å². The number of H-pyrrole nitrogens is 1. The first-order valence-electron chi connectivity index (χ1n) is 11.4. The lowest BCUT2D eigenvalue weighted by Crippen LogP contribution is -2.26. The molecule has 0 atom stereocenters. The Hall–Kier alpha value is -4.59. The smallest absolute Gasteiger partial charge is 0.272 e. The Kier molecular flexibility index (Phi) is 4.99. The number of aryl methyl sites for hydroxylation is 1. The van der Waals surface area contributed by atoms with Crippen molar-refractivity contribution in [2.24, 2.45) is 0 Å². The van der Waals surface area contributed by atoms with Crippen LogP contribution in [-0.4, -0.2) is 42.5 Å². The van der Waals surface area contributed by atoms with Gasteiger partial charge in [-0.3, -0.25) is 9.89 Å². The minimum absolute atomic E-state index is 0.114. The highest BCUT2D eigenvalue weighted by molar-refractivity contribution is 5.94. The Labute approximate surface area is 202 Å². The van der Waals surface area contributed by atoms with Crippen LogP contribution in [0.3, 0.4) is 0 Å². The van der Waals surface area contributed by atoms with Crippen LogP contribution in [-0.2, 0) is 13.1 Å². The predicted octanol–water partition coefficient (Wildman–Crippen LogP) is 4.53. The van der Waals surface area contributed by atoms with Crippen LogP contribution in [0.1, 0.15) is 27.3 Å². The molecule has 0 aliphatic carbocycles. The molecule has 0 radical (unpaired) electrons. The maximum Gasteiger partial charge on any atom is 0.272 e. The molecule has 0 bridgehead atoms. The quantitative estimate of drug-likeness (QED) is 0.415. The van der Waals surface area contributed by atoms with Crippen LogP contribution in [0, 0.1) is 6.92 Å². The van der Waals surface area contributed by atoms with Gasteiger partial charge in [-0.1, -0.05) is 24.3 Å². The number of aromatic nitrogens is 5. The average molecular weight is 465 g/mol. The molecule has 0 unspecified atom stereocenters. The number of para-hydroxylation sites is 1. The zero-order valence-electron chi connectivity index (χ0n) is 19.5. The van der Waals surface area contributed by atoms with E-state index in [4.69, 9.17) is 9.84 Å². The predicted molar refractivity (Wildman–Crippen MR) is 132 cm³/mol. The molecule has 2 aromatic carbocycles. The molecular weight excluding hydrogens is 440 g/mol. The van der Waals surface area contributed by atoms with E-state index in [1.807, 2.05) is 59.5 Å². The Morgan fingerprint density at radius 2 is 1.83 bits per heavy atom. The molecule has 1 amide bonds. The van der Waals surface area contributed by atoms with Gasteiger partial charge in [0.1, 0.15) is 17.3 Å². The summed E-state index contributed by atoms with van der Waals surface area (Å²) in [6.07, 6.45) is 4.00. The van der Waals surface area contributed by atoms with E-state index in [1.165, 1.54) is 5.56 Å². The molecular formula is C27H24N6O2. The first kappa shape index (κ1) is 21.0. The molecule has 0 spiro atoms. The van der Waals surface area contributed by atoms with Crippen LogP contribution in [0.25, 0.3) is 22.8 Å². The number of nitrogens with zero attached hydrogens (tertiary/aromatic N) is 5. The number of benzene rings is 2. The van der Waals surface area contributed by atoms with E-state index in [0.717, 1.165) is 28.3 Å². The van der Waals surface area contributed by atoms with Crippen molar-refractivity contribution in [3.8, 4) is 28.5 Å². The number of hydrogen-bond acceptors (Lipinski definition) is 4. The lowest BCUT2D eigenvalue weighted by molar-refractivity contribution is 0.0743. The standard InChI is InChI=1S/C27H24N6O2/c1-18-8-7-9-19(14-18)33-26(31-12-5-6-13-31)21-16-32(17-24(21)30-33)27(34)23-15-22(28-29-23)20-10-3-4-11-25(20)35-2/h3-15H,16-17H2,1-2H3,(H,28,29). The Balaban J connectivity index is 1.32. The highest BCUT2D eigenvalue weighted by Gasteiger charge is 2.32. The SMILES string of the molecule is COc1ccccc1-c1cc(C(=O)N2Cc3nn(-c4cccc(C)c4)c(-n4cccc4)c3C2)[nH]n1. The van der Waals surface area contributed by atoms with Gasteiger partial charge in [-0.05, 0) is 55.0 Å². The van der Waals surface area contributed by atoms with E-state index >= 15 is 0 Å². The molecule has 3 aromatic heterocycles. The van der Waals surface area contributed by atoms with E-state index in [0.29, 0.717) is 30.2 Å². The molecule has 1 aliphatic rings. The summed E-state index contributed by atoms with van der Waals surface area (Å²) in [6, 6.07) is 21.6. The van der Waals surface area contributed by atoms with E-state index in [2.05, 4.69) is 39.9 Å². The van der Waals surface area contributed by atoms with Gasteiger partial charge >= 0.3 is 0 Å². The van der Waals surface area contributed by atoms with Crippen LogP contribution in [0.4, 0.5) is 0 Å². The van der Waals surface area contributed by atoms with Gasteiger partial charge in [0.15, 0.2) is 0 Å². The zero-order chi connectivity index (χ0) is 23.9. The van der Waals surface area contributed by atoms with Crippen molar-refractivity contribution in [3.05, 3.63) is 102 Å². The first-order chi connectivity index (χ1) is 17.1. The number of fused-ring (bicyclic) bond motifs is 1. The molecule has 35 heavy (non-hydrogen) atoms. The summed E-state index contributed by atoms with van der Waals surface area (Å²) >= 11 is 0. The average Bonchev–Trinajstić information content (AvgIpc) is 3.67. The molecule has 8 nitrogen and oxygen atoms in total. The summed E-state index contributed by atoms with van der Waals surface area (Å²) in [6.45, 7) is 2.97. The second kappa shape index (κ2) is 8.32. The minimum atomic E-state index is -0.114. The Morgan fingerprint density at radius 3 is 2.63 bits per heavy atom. The number of aromatic amines is 1. The Bertz CT molecular complexity index is 1530. The molecule has 0 saturated heterocycles. The number of hydrogen-bond donors (Lipinski definition) is 1. The highest BCUT2D eigenvalue weighted by Crippen LogP contribution is 2.32. The van der Waals surface area contributed by atoms with E-state index in [9.17, 15) is 4.79 Å². The van der Waals surface area contributed by atoms with Crippen molar-refractivity contribution in [1.29, 1.82) is 0 Å². The monoisotopic (exact) mass is 464 g/mol.